The molecule has 2 aliphatic rings. The van der Waals surface area contributed by atoms with Gasteiger partial charge in [-0.2, -0.15) is 0 Å². The summed E-state index contributed by atoms with van der Waals surface area (Å²) in [4.78, 5) is 48.7. The second-order valence-electron chi connectivity index (χ2n) is 10.3. The Labute approximate surface area is 239 Å². The van der Waals surface area contributed by atoms with Gasteiger partial charge in [-0.05, 0) is 56.5 Å². The SMILES string of the molecule is Cc1nc(C(=O)Nc2cc(C(=O)NCCCN3CCCC3=O)ccc2N2CCN(c3ccccc3C)CC2)cs1. The Balaban J connectivity index is 1.28. The highest BCUT2D eigenvalue weighted by atomic mass is 32.1. The maximum atomic E-state index is 13.1. The summed E-state index contributed by atoms with van der Waals surface area (Å²) in [5.74, 6) is -0.307. The predicted octanol–water partition coefficient (Wildman–Crippen LogP) is 4.08. The molecule has 0 aliphatic carbocycles. The van der Waals surface area contributed by atoms with Crippen LogP contribution in [0.25, 0.3) is 0 Å². The molecular weight excluding hydrogens is 524 g/mol. The molecule has 3 heterocycles. The molecule has 5 rings (SSSR count). The first kappa shape index (κ1) is 27.6. The molecular formula is C30H36N6O3S. The second-order valence-corrected chi connectivity index (χ2v) is 11.4. The van der Waals surface area contributed by atoms with Crippen molar-refractivity contribution in [3.05, 3.63) is 69.7 Å². The van der Waals surface area contributed by atoms with Crippen LogP contribution in [0, 0.1) is 13.8 Å². The Bertz CT molecular complexity index is 1380. The molecule has 0 radical (unpaired) electrons. The molecule has 2 aromatic carbocycles. The van der Waals surface area contributed by atoms with E-state index in [0.29, 0.717) is 42.9 Å². The normalized spacial score (nSPS) is 15.4. The maximum absolute atomic E-state index is 13.1. The van der Waals surface area contributed by atoms with Gasteiger partial charge in [-0.15, -0.1) is 11.3 Å². The van der Waals surface area contributed by atoms with Crippen molar-refractivity contribution >= 4 is 46.1 Å². The average molecular weight is 561 g/mol. The zero-order valence-electron chi connectivity index (χ0n) is 23.1. The molecule has 2 aliphatic heterocycles. The molecule has 3 aromatic rings. The quantitative estimate of drug-likeness (QED) is 0.383. The third kappa shape index (κ3) is 6.44. The number of hydrogen-bond acceptors (Lipinski definition) is 7. The van der Waals surface area contributed by atoms with E-state index < -0.39 is 0 Å². The number of aromatic nitrogens is 1. The fourth-order valence-corrected chi connectivity index (χ4v) is 5.92. The smallest absolute Gasteiger partial charge is 0.275 e. The van der Waals surface area contributed by atoms with Crippen LogP contribution in [0.15, 0.2) is 47.8 Å². The van der Waals surface area contributed by atoms with E-state index in [1.165, 1.54) is 22.6 Å². The topological polar surface area (TPSA) is 97.9 Å². The van der Waals surface area contributed by atoms with Gasteiger partial charge in [-0.3, -0.25) is 14.4 Å². The van der Waals surface area contributed by atoms with Gasteiger partial charge < -0.3 is 25.3 Å². The summed E-state index contributed by atoms with van der Waals surface area (Å²) in [7, 11) is 0. The van der Waals surface area contributed by atoms with E-state index in [0.717, 1.165) is 49.8 Å². The van der Waals surface area contributed by atoms with Crippen LogP contribution >= 0.6 is 11.3 Å². The van der Waals surface area contributed by atoms with Gasteiger partial charge in [0.1, 0.15) is 5.69 Å². The minimum absolute atomic E-state index is 0.192. The fourth-order valence-electron chi connectivity index (χ4n) is 5.33. The number of carbonyl (C=O) groups is 3. The average Bonchev–Trinajstić information content (AvgIpc) is 3.59. The minimum atomic E-state index is -0.294. The predicted molar refractivity (Wildman–Crippen MR) is 160 cm³/mol. The molecule has 10 heteroatoms. The van der Waals surface area contributed by atoms with Gasteiger partial charge >= 0.3 is 0 Å². The Hall–Kier alpha value is -3.92. The molecule has 0 atom stereocenters. The molecule has 9 nitrogen and oxygen atoms in total. The van der Waals surface area contributed by atoms with Gasteiger partial charge in [0.05, 0.1) is 16.4 Å². The largest absolute Gasteiger partial charge is 0.368 e. The first-order valence-electron chi connectivity index (χ1n) is 13.9. The van der Waals surface area contributed by atoms with Crippen molar-refractivity contribution in [2.75, 3.05) is 60.9 Å². The van der Waals surface area contributed by atoms with E-state index in [1.807, 2.05) is 24.0 Å². The maximum Gasteiger partial charge on any atom is 0.275 e. The number of benzene rings is 2. The number of likely N-dealkylation sites (tertiary alicyclic amines) is 1. The number of piperazine rings is 1. The third-order valence-electron chi connectivity index (χ3n) is 7.50. The number of rotatable bonds is 9. The van der Waals surface area contributed by atoms with Gasteiger partial charge in [-0.25, -0.2) is 4.98 Å². The minimum Gasteiger partial charge on any atom is -0.368 e. The van der Waals surface area contributed by atoms with E-state index in [1.54, 1.807) is 11.4 Å². The van der Waals surface area contributed by atoms with Gasteiger partial charge in [0.25, 0.3) is 11.8 Å². The lowest BCUT2D eigenvalue weighted by Gasteiger charge is -2.38. The zero-order chi connectivity index (χ0) is 28.1. The van der Waals surface area contributed by atoms with Crippen molar-refractivity contribution in [1.82, 2.24) is 15.2 Å². The van der Waals surface area contributed by atoms with Crippen molar-refractivity contribution in [2.45, 2.75) is 33.1 Å². The van der Waals surface area contributed by atoms with Crippen LogP contribution in [0.1, 0.15) is 50.7 Å². The number of hydrogen-bond donors (Lipinski definition) is 2. The molecule has 2 N–H and O–H groups in total. The molecule has 0 unspecified atom stereocenters. The van der Waals surface area contributed by atoms with Crippen LogP contribution in [0.5, 0.6) is 0 Å². The highest BCUT2D eigenvalue weighted by molar-refractivity contribution is 7.09. The van der Waals surface area contributed by atoms with Crippen molar-refractivity contribution in [3.8, 4) is 0 Å². The second kappa shape index (κ2) is 12.5. The summed E-state index contributed by atoms with van der Waals surface area (Å²) in [6.07, 6.45) is 2.23. The van der Waals surface area contributed by atoms with Crippen molar-refractivity contribution in [3.63, 3.8) is 0 Å². The number of carbonyl (C=O) groups excluding carboxylic acids is 3. The number of nitrogens with zero attached hydrogens (tertiary/aromatic N) is 4. The molecule has 2 saturated heterocycles. The molecule has 40 heavy (non-hydrogen) atoms. The molecule has 0 saturated carbocycles. The van der Waals surface area contributed by atoms with E-state index in [9.17, 15) is 14.4 Å². The number of para-hydroxylation sites is 1. The first-order valence-corrected chi connectivity index (χ1v) is 14.8. The summed E-state index contributed by atoms with van der Waals surface area (Å²) in [5, 5.41) is 8.54. The number of aryl methyl sites for hydroxylation is 2. The molecule has 0 bridgehead atoms. The van der Waals surface area contributed by atoms with Crippen LogP contribution in [-0.4, -0.2) is 73.4 Å². The van der Waals surface area contributed by atoms with E-state index >= 15 is 0 Å². The van der Waals surface area contributed by atoms with Crippen molar-refractivity contribution in [1.29, 1.82) is 0 Å². The molecule has 210 valence electrons. The molecule has 3 amide bonds. The van der Waals surface area contributed by atoms with Crippen LogP contribution in [0.4, 0.5) is 17.1 Å². The van der Waals surface area contributed by atoms with E-state index in [-0.39, 0.29) is 17.7 Å². The highest BCUT2D eigenvalue weighted by Gasteiger charge is 2.23. The summed E-state index contributed by atoms with van der Waals surface area (Å²) >= 11 is 1.43. The van der Waals surface area contributed by atoms with E-state index in [2.05, 4.69) is 56.6 Å². The zero-order valence-corrected chi connectivity index (χ0v) is 23.9. The van der Waals surface area contributed by atoms with Crippen molar-refractivity contribution in [2.24, 2.45) is 0 Å². The number of amides is 3. The van der Waals surface area contributed by atoms with Crippen LogP contribution in [0.3, 0.4) is 0 Å². The van der Waals surface area contributed by atoms with Gasteiger partial charge in [0, 0.05) is 68.9 Å². The third-order valence-corrected chi connectivity index (χ3v) is 8.27. The van der Waals surface area contributed by atoms with E-state index in [4.69, 9.17) is 0 Å². The van der Waals surface area contributed by atoms with Crippen LogP contribution < -0.4 is 20.4 Å². The number of thiazole rings is 1. The molecule has 2 fully saturated rings. The first-order chi connectivity index (χ1) is 19.4. The number of nitrogens with one attached hydrogen (secondary N) is 2. The molecule has 1 aromatic heterocycles. The standard InChI is InChI=1S/C30H36N6O3S/c1-21-7-3-4-8-26(21)34-15-17-35(18-16-34)27-11-10-23(19-24(27)33-30(39)25-20-40-22(2)32-25)29(38)31-12-6-14-36-13-5-9-28(36)37/h3-4,7-8,10-11,19-20H,5-6,9,12-18H2,1-2H3,(H,31,38)(H,33,39). The lowest BCUT2D eigenvalue weighted by Crippen LogP contribution is -2.47. The lowest BCUT2D eigenvalue weighted by molar-refractivity contribution is -0.127. The van der Waals surface area contributed by atoms with Gasteiger partial charge in [0.15, 0.2) is 0 Å². The summed E-state index contributed by atoms with van der Waals surface area (Å²) in [5.41, 5.74) is 4.82. The Morgan fingerprint density at radius 3 is 2.38 bits per heavy atom. The Morgan fingerprint density at radius 1 is 0.950 bits per heavy atom. The van der Waals surface area contributed by atoms with Crippen LogP contribution in [0.2, 0.25) is 0 Å². The summed E-state index contributed by atoms with van der Waals surface area (Å²) in [6, 6.07) is 13.9. The Morgan fingerprint density at radius 2 is 1.70 bits per heavy atom. The summed E-state index contributed by atoms with van der Waals surface area (Å²) in [6.45, 7) is 9.20. The number of anilines is 3. The lowest BCUT2D eigenvalue weighted by atomic mass is 10.1. The Kier molecular flexibility index (Phi) is 8.64. The van der Waals surface area contributed by atoms with Gasteiger partial charge in [-0.1, -0.05) is 18.2 Å². The van der Waals surface area contributed by atoms with Crippen molar-refractivity contribution < 1.29 is 14.4 Å². The molecule has 0 spiro atoms. The summed E-state index contributed by atoms with van der Waals surface area (Å²) < 4.78 is 0. The van der Waals surface area contributed by atoms with Gasteiger partial charge in [0.2, 0.25) is 5.91 Å². The monoisotopic (exact) mass is 560 g/mol. The fraction of sp³-hybridized carbons (Fsp3) is 0.400. The van der Waals surface area contributed by atoms with Crippen LogP contribution in [-0.2, 0) is 4.79 Å². The highest BCUT2D eigenvalue weighted by Crippen LogP contribution is 2.30.